The highest BCUT2D eigenvalue weighted by Crippen LogP contribution is 2.16. The maximum absolute atomic E-state index is 5.37. The van der Waals surface area contributed by atoms with Crippen molar-refractivity contribution in [2.75, 3.05) is 11.9 Å². The van der Waals surface area contributed by atoms with Crippen molar-refractivity contribution >= 4 is 5.69 Å². The molecule has 5 nitrogen and oxygen atoms in total. The predicted molar refractivity (Wildman–Crippen MR) is 64.0 cm³/mol. The summed E-state index contributed by atoms with van der Waals surface area (Å²) in [7, 11) is 0. The Balaban J connectivity index is 1.93. The lowest BCUT2D eigenvalue weighted by Gasteiger charge is -2.06. The van der Waals surface area contributed by atoms with Gasteiger partial charge in [-0.25, -0.2) is 4.63 Å². The molecular formula is C12H15N3O2. The molecule has 0 amide bonds. The molecule has 0 aliphatic carbocycles. The number of nitrogens with one attached hydrogen (secondary N) is 1. The zero-order valence-corrected chi connectivity index (χ0v) is 9.93. The lowest BCUT2D eigenvalue weighted by molar-refractivity contribution is 0.301. The Bertz CT molecular complexity index is 465. The quantitative estimate of drug-likeness (QED) is 0.859. The molecule has 0 aliphatic heterocycles. The average Bonchev–Trinajstić information content (AvgIpc) is 2.75. The molecule has 1 aromatic carbocycles. The highest BCUT2D eigenvalue weighted by molar-refractivity contribution is 5.46. The van der Waals surface area contributed by atoms with E-state index in [0.29, 0.717) is 13.2 Å². The van der Waals surface area contributed by atoms with Crippen LogP contribution in [0.15, 0.2) is 28.9 Å². The van der Waals surface area contributed by atoms with E-state index in [1.54, 1.807) is 0 Å². The first-order valence-corrected chi connectivity index (χ1v) is 5.54. The molecule has 1 aromatic heterocycles. The largest absolute Gasteiger partial charge is 0.494 e. The van der Waals surface area contributed by atoms with Crippen LogP contribution < -0.4 is 10.1 Å². The van der Waals surface area contributed by atoms with Gasteiger partial charge in [0.15, 0.2) is 0 Å². The lowest BCUT2D eigenvalue weighted by atomic mass is 10.3. The zero-order chi connectivity index (χ0) is 12.1. The topological polar surface area (TPSA) is 60.2 Å². The maximum atomic E-state index is 5.37. The van der Waals surface area contributed by atoms with Gasteiger partial charge in [0.05, 0.1) is 13.2 Å². The molecule has 5 heteroatoms. The number of nitrogens with zero attached hydrogens (tertiary/aromatic N) is 2. The monoisotopic (exact) mass is 233 g/mol. The Labute approximate surface area is 99.7 Å². The summed E-state index contributed by atoms with van der Waals surface area (Å²) in [5.74, 6) is 0.873. The number of ether oxygens (including phenoxy) is 1. The third-order valence-electron chi connectivity index (χ3n) is 2.37. The van der Waals surface area contributed by atoms with Crippen molar-refractivity contribution in [3.63, 3.8) is 0 Å². The van der Waals surface area contributed by atoms with Gasteiger partial charge in [-0.05, 0) is 38.1 Å². The maximum Gasteiger partial charge on any atom is 0.127 e. The van der Waals surface area contributed by atoms with E-state index >= 15 is 0 Å². The van der Waals surface area contributed by atoms with E-state index < -0.39 is 0 Å². The Hall–Kier alpha value is -2.04. The van der Waals surface area contributed by atoms with Crippen LogP contribution in [0.4, 0.5) is 5.69 Å². The van der Waals surface area contributed by atoms with E-state index in [-0.39, 0.29) is 0 Å². The van der Waals surface area contributed by atoms with Crippen LogP contribution in [0.1, 0.15) is 18.3 Å². The van der Waals surface area contributed by atoms with Gasteiger partial charge in [-0.15, -0.1) is 0 Å². The molecule has 2 aromatic rings. The predicted octanol–water partition coefficient (Wildman–Crippen LogP) is 2.39. The third-order valence-corrected chi connectivity index (χ3v) is 2.37. The molecule has 0 spiro atoms. The van der Waals surface area contributed by atoms with Gasteiger partial charge in [0.1, 0.15) is 17.1 Å². The molecule has 0 atom stereocenters. The zero-order valence-electron chi connectivity index (χ0n) is 9.93. The van der Waals surface area contributed by atoms with Crippen molar-refractivity contribution in [1.82, 2.24) is 10.3 Å². The van der Waals surface area contributed by atoms with Gasteiger partial charge in [-0.2, -0.15) is 0 Å². The summed E-state index contributed by atoms with van der Waals surface area (Å²) in [5, 5.41) is 10.8. The standard InChI is InChI=1S/C12H15N3O2/c1-3-16-11-6-4-10(5-7-11)13-8-12-9(2)14-17-15-12/h4-7,13H,3,8H2,1-2H3. The molecule has 2 rings (SSSR count). The van der Waals surface area contributed by atoms with E-state index in [2.05, 4.69) is 20.3 Å². The molecule has 0 fully saturated rings. The van der Waals surface area contributed by atoms with Crippen molar-refractivity contribution in [1.29, 1.82) is 0 Å². The van der Waals surface area contributed by atoms with Crippen LogP contribution in [-0.2, 0) is 6.54 Å². The van der Waals surface area contributed by atoms with Gasteiger partial charge in [-0.1, -0.05) is 10.3 Å². The number of benzene rings is 1. The average molecular weight is 233 g/mol. The minimum atomic E-state index is 0.601. The van der Waals surface area contributed by atoms with Gasteiger partial charge in [0.25, 0.3) is 0 Å². The van der Waals surface area contributed by atoms with Crippen LogP contribution in [0.2, 0.25) is 0 Å². The van der Waals surface area contributed by atoms with Crippen molar-refractivity contribution in [3.8, 4) is 5.75 Å². The third kappa shape index (κ3) is 2.96. The first-order valence-electron chi connectivity index (χ1n) is 5.54. The van der Waals surface area contributed by atoms with E-state index in [4.69, 9.17) is 4.74 Å². The minimum Gasteiger partial charge on any atom is -0.494 e. The normalized spacial score (nSPS) is 10.2. The second-order valence-corrected chi connectivity index (χ2v) is 3.61. The second-order valence-electron chi connectivity index (χ2n) is 3.61. The number of hydrogen-bond acceptors (Lipinski definition) is 5. The molecule has 0 unspecified atom stereocenters. The Morgan fingerprint density at radius 2 is 2.00 bits per heavy atom. The van der Waals surface area contributed by atoms with Crippen molar-refractivity contribution < 1.29 is 9.37 Å². The summed E-state index contributed by atoms with van der Waals surface area (Å²) >= 11 is 0. The van der Waals surface area contributed by atoms with Crippen LogP contribution in [0.25, 0.3) is 0 Å². The summed E-state index contributed by atoms with van der Waals surface area (Å²) in [6.45, 7) is 5.11. The van der Waals surface area contributed by atoms with E-state index in [9.17, 15) is 0 Å². The summed E-state index contributed by atoms with van der Waals surface area (Å²) in [5.41, 5.74) is 2.64. The SMILES string of the molecule is CCOc1ccc(NCc2nonc2C)cc1. The Morgan fingerprint density at radius 1 is 1.24 bits per heavy atom. The molecule has 17 heavy (non-hydrogen) atoms. The van der Waals surface area contributed by atoms with Crippen molar-refractivity contribution in [2.24, 2.45) is 0 Å². The lowest BCUT2D eigenvalue weighted by Crippen LogP contribution is -2.01. The molecule has 1 heterocycles. The molecule has 0 radical (unpaired) electrons. The highest BCUT2D eigenvalue weighted by atomic mass is 16.6. The molecule has 0 aliphatic rings. The van der Waals surface area contributed by atoms with Crippen LogP contribution in [-0.4, -0.2) is 16.9 Å². The van der Waals surface area contributed by atoms with Gasteiger partial charge >= 0.3 is 0 Å². The van der Waals surface area contributed by atoms with Crippen LogP contribution >= 0.6 is 0 Å². The molecule has 0 bridgehead atoms. The van der Waals surface area contributed by atoms with Crippen LogP contribution in [0.5, 0.6) is 5.75 Å². The van der Waals surface area contributed by atoms with Gasteiger partial charge in [0, 0.05) is 5.69 Å². The van der Waals surface area contributed by atoms with Crippen molar-refractivity contribution in [3.05, 3.63) is 35.7 Å². The fourth-order valence-electron chi connectivity index (χ4n) is 1.43. The molecule has 0 saturated carbocycles. The highest BCUT2D eigenvalue weighted by Gasteiger charge is 2.04. The summed E-state index contributed by atoms with van der Waals surface area (Å²) in [4.78, 5) is 0. The smallest absolute Gasteiger partial charge is 0.127 e. The van der Waals surface area contributed by atoms with Gasteiger partial charge in [0.2, 0.25) is 0 Å². The fourth-order valence-corrected chi connectivity index (χ4v) is 1.43. The molecular weight excluding hydrogens is 218 g/mol. The van der Waals surface area contributed by atoms with E-state index in [1.807, 2.05) is 38.1 Å². The van der Waals surface area contributed by atoms with Crippen molar-refractivity contribution in [2.45, 2.75) is 20.4 Å². The Kier molecular flexibility index (Phi) is 3.59. The summed E-state index contributed by atoms with van der Waals surface area (Å²) < 4.78 is 9.99. The number of aromatic nitrogens is 2. The Morgan fingerprint density at radius 3 is 2.59 bits per heavy atom. The fraction of sp³-hybridized carbons (Fsp3) is 0.333. The first-order chi connectivity index (χ1) is 8.29. The van der Waals surface area contributed by atoms with Crippen LogP contribution in [0, 0.1) is 6.92 Å². The second kappa shape index (κ2) is 5.34. The number of hydrogen-bond donors (Lipinski definition) is 1. The number of rotatable bonds is 5. The minimum absolute atomic E-state index is 0.601. The van der Waals surface area contributed by atoms with E-state index in [0.717, 1.165) is 22.8 Å². The summed E-state index contributed by atoms with van der Waals surface area (Å²) in [6, 6.07) is 7.79. The van der Waals surface area contributed by atoms with Crippen LogP contribution in [0.3, 0.4) is 0 Å². The molecule has 90 valence electrons. The molecule has 0 saturated heterocycles. The first kappa shape index (κ1) is 11.4. The van der Waals surface area contributed by atoms with E-state index in [1.165, 1.54) is 0 Å². The van der Waals surface area contributed by atoms with Gasteiger partial charge in [-0.3, -0.25) is 0 Å². The number of anilines is 1. The van der Waals surface area contributed by atoms with Gasteiger partial charge < -0.3 is 10.1 Å². The number of aryl methyl sites for hydroxylation is 1. The molecule has 1 N–H and O–H groups in total. The summed E-state index contributed by atoms with van der Waals surface area (Å²) in [6.07, 6.45) is 0.